The Hall–Kier alpha value is -0.930. The van der Waals surface area contributed by atoms with E-state index in [0.717, 1.165) is 19.5 Å². The van der Waals surface area contributed by atoms with Crippen molar-refractivity contribution in [2.75, 3.05) is 20.1 Å². The van der Waals surface area contributed by atoms with E-state index < -0.39 is 0 Å². The molecule has 0 bridgehead atoms. The van der Waals surface area contributed by atoms with E-state index in [1.54, 1.807) is 0 Å². The third-order valence-corrected chi connectivity index (χ3v) is 4.76. The summed E-state index contributed by atoms with van der Waals surface area (Å²) in [5.41, 5.74) is 7.66. The summed E-state index contributed by atoms with van der Waals surface area (Å²) in [6.07, 6.45) is 8.69. The van der Waals surface area contributed by atoms with Crippen molar-refractivity contribution >= 4 is 0 Å². The van der Waals surface area contributed by atoms with Crippen LogP contribution in [0.15, 0.2) is 24.5 Å². The van der Waals surface area contributed by atoms with Crippen LogP contribution in [0.1, 0.15) is 31.7 Å². The molecular weight excluding hydrogens is 222 g/mol. The average Bonchev–Trinajstić information content (AvgIpc) is 2.79. The van der Waals surface area contributed by atoms with Gasteiger partial charge in [-0.15, -0.1) is 0 Å². The van der Waals surface area contributed by atoms with Crippen molar-refractivity contribution in [1.82, 2.24) is 9.88 Å². The Labute approximate surface area is 110 Å². The number of nitrogens with two attached hydrogens (primary N) is 1. The van der Waals surface area contributed by atoms with Gasteiger partial charge in [0.1, 0.15) is 0 Å². The first-order valence-electron chi connectivity index (χ1n) is 6.99. The summed E-state index contributed by atoms with van der Waals surface area (Å²) in [7, 11) is 2.23. The molecule has 1 aromatic rings. The molecule has 0 aliphatic heterocycles. The smallest absolute Gasteiger partial charge is 0.0354 e. The second-order valence-electron chi connectivity index (χ2n) is 5.63. The molecule has 1 aromatic heterocycles. The highest BCUT2D eigenvalue weighted by molar-refractivity contribution is 5.10. The van der Waals surface area contributed by atoms with Gasteiger partial charge in [0.15, 0.2) is 0 Å². The van der Waals surface area contributed by atoms with Gasteiger partial charge in [-0.05, 0) is 49.9 Å². The van der Waals surface area contributed by atoms with Gasteiger partial charge in [0.05, 0.1) is 0 Å². The zero-order valence-electron chi connectivity index (χ0n) is 11.6. The van der Waals surface area contributed by atoms with Gasteiger partial charge in [-0.2, -0.15) is 0 Å². The van der Waals surface area contributed by atoms with Gasteiger partial charge in [-0.3, -0.25) is 9.88 Å². The number of hydrogen-bond donors (Lipinski definition) is 1. The maximum absolute atomic E-state index is 6.08. The van der Waals surface area contributed by atoms with Crippen molar-refractivity contribution < 1.29 is 0 Å². The monoisotopic (exact) mass is 247 g/mol. The summed E-state index contributed by atoms with van der Waals surface area (Å²) in [5.74, 6) is 0.713. The molecule has 0 spiro atoms. The van der Waals surface area contributed by atoms with E-state index in [4.69, 9.17) is 5.73 Å². The van der Waals surface area contributed by atoms with Crippen LogP contribution in [0.4, 0.5) is 0 Å². The minimum Gasteiger partial charge on any atom is -0.329 e. The zero-order chi connectivity index (χ0) is 13.0. The summed E-state index contributed by atoms with van der Waals surface area (Å²) in [4.78, 5) is 6.55. The van der Waals surface area contributed by atoms with Crippen molar-refractivity contribution in [1.29, 1.82) is 0 Å². The molecular formula is C15H25N3. The van der Waals surface area contributed by atoms with Gasteiger partial charge >= 0.3 is 0 Å². The number of rotatable bonds is 5. The molecule has 0 radical (unpaired) electrons. The first-order chi connectivity index (χ1) is 8.69. The number of likely N-dealkylation sites (N-methyl/N-ethyl adjacent to an activating group) is 1. The minimum atomic E-state index is 0.229. The van der Waals surface area contributed by atoms with E-state index in [-0.39, 0.29) is 5.54 Å². The highest BCUT2D eigenvalue weighted by Crippen LogP contribution is 2.38. The third-order valence-electron chi connectivity index (χ3n) is 4.76. The van der Waals surface area contributed by atoms with E-state index in [1.165, 1.54) is 24.8 Å². The number of nitrogens with zero attached hydrogens (tertiary/aromatic N) is 2. The molecule has 1 aliphatic carbocycles. The maximum Gasteiger partial charge on any atom is 0.0354 e. The van der Waals surface area contributed by atoms with E-state index in [0.29, 0.717) is 5.92 Å². The minimum absolute atomic E-state index is 0.229. The van der Waals surface area contributed by atoms with E-state index in [2.05, 4.69) is 36.0 Å². The molecule has 1 fully saturated rings. The van der Waals surface area contributed by atoms with Crippen molar-refractivity contribution in [3.05, 3.63) is 30.1 Å². The molecule has 2 unspecified atom stereocenters. The quantitative estimate of drug-likeness (QED) is 0.866. The molecule has 0 saturated heterocycles. The van der Waals surface area contributed by atoms with Gasteiger partial charge in [-0.1, -0.05) is 13.3 Å². The zero-order valence-corrected chi connectivity index (χ0v) is 11.6. The lowest BCUT2D eigenvalue weighted by Gasteiger charge is -2.42. The summed E-state index contributed by atoms with van der Waals surface area (Å²) < 4.78 is 0. The van der Waals surface area contributed by atoms with Gasteiger partial charge < -0.3 is 5.73 Å². The van der Waals surface area contributed by atoms with Crippen LogP contribution in [0.25, 0.3) is 0 Å². The molecule has 1 aliphatic rings. The fourth-order valence-electron chi connectivity index (χ4n) is 3.32. The number of pyridine rings is 1. The molecule has 2 atom stereocenters. The molecule has 1 heterocycles. The first kappa shape index (κ1) is 13.5. The summed E-state index contributed by atoms with van der Waals surface area (Å²) in [5, 5.41) is 0. The molecule has 1 saturated carbocycles. The lowest BCUT2D eigenvalue weighted by atomic mass is 9.86. The van der Waals surface area contributed by atoms with E-state index in [1.807, 2.05) is 12.4 Å². The Bertz CT molecular complexity index is 365. The fraction of sp³-hybridized carbons (Fsp3) is 0.667. The first-order valence-corrected chi connectivity index (χ1v) is 6.99. The maximum atomic E-state index is 6.08. The van der Waals surface area contributed by atoms with Crippen molar-refractivity contribution in [2.45, 2.75) is 38.1 Å². The van der Waals surface area contributed by atoms with Crippen LogP contribution >= 0.6 is 0 Å². The van der Waals surface area contributed by atoms with Crippen LogP contribution in [0.3, 0.4) is 0 Å². The predicted octanol–water partition coefficient (Wildman–Crippen LogP) is 2.07. The van der Waals surface area contributed by atoms with Crippen LogP contribution in [-0.4, -0.2) is 35.6 Å². The van der Waals surface area contributed by atoms with Crippen LogP contribution < -0.4 is 5.73 Å². The second-order valence-corrected chi connectivity index (χ2v) is 5.63. The molecule has 2 rings (SSSR count). The Morgan fingerprint density at radius 1 is 1.44 bits per heavy atom. The van der Waals surface area contributed by atoms with Crippen LogP contribution in [-0.2, 0) is 6.42 Å². The predicted molar refractivity (Wildman–Crippen MR) is 75.4 cm³/mol. The lowest BCUT2D eigenvalue weighted by molar-refractivity contribution is 0.0927. The molecule has 3 heteroatoms. The SMILES string of the molecule is CC1CCCC1(CN)N(C)CCc1ccncc1. The molecule has 0 aromatic carbocycles. The second kappa shape index (κ2) is 5.81. The van der Waals surface area contributed by atoms with Crippen molar-refractivity contribution in [3.63, 3.8) is 0 Å². The van der Waals surface area contributed by atoms with Gasteiger partial charge in [0, 0.05) is 31.0 Å². The van der Waals surface area contributed by atoms with Crippen LogP contribution in [0, 0.1) is 5.92 Å². The fourth-order valence-corrected chi connectivity index (χ4v) is 3.32. The Morgan fingerprint density at radius 2 is 2.17 bits per heavy atom. The Balaban J connectivity index is 1.96. The topological polar surface area (TPSA) is 42.1 Å². The van der Waals surface area contributed by atoms with Gasteiger partial charge in [0.2, 0.25) is 0 Å². The average molecular weight is 247 g/mol. The normalized spacial score (nSPS) is 27.9. The highest BCUT2D eigenvalue weighted by Gasteiger charge is 2.41. The van der Waals surface area contributed by atoms with Crippen LogP contribution in [0.2, 0.25) is 0 Å². The van der Waals surface area contributed by atoms with E-state index in [9.17, 15) is 0 Å². The molecule has 0 amide bonds. The molecule has 2 N–H and O–H groups in total. The van der Waals surface area contributed by atoms with Crippen molar-refractivity contribution in [3.8, 4) is 0 Å². The lowest BCUT2D eigenvalue weighted by Crippen LogP contribution is -2.54. The summed E-state index contributed by atoms with van der Waals surface area (Å²) in [6.45, 7) is 4.20. The molecule has 3 nitrogen and oxygen atoms in total. The summed E-state index contributed by atoms with van der Waals surface area (Å²) in [6, 6.07) is 4.20. The molecule has 18 heavy (non-hydrogen) atoms. The Morgan fingerprint density at radius 3 is 2.72 bits per heavy atom. The Kier molecular flexibility index (Phi) is 4.36. The van der Waals surface area contributed by atoms with Gasteiger partial charge in [0.25, 0.3) is 0 Å². The molecule has 100 valence electrons. The standard InChI is InChI=1S/C15H25N3/c1-13-4-3-8-15(13,12-16)18(2)11-7-14-5-9-17-10-6-14/h5-6,9-10,13H,3-4,7-8,11-12,16H2,1-2H3. The number of aromatic nitrogens is 1. The highest BCUT2D eigenvalue weighted by atomic mass is 15.2. The third kappa shape index (κ3) is 2.57. The van der Waals surface area contributed by atoms with E-state index >= 15 is 0 Å². The van der Waals surface area contributed by atoms with Gasteiger partial charge in [-0.25, -0.2) is 0 Å². The number of hydrogen-bond acceptors (Lipinski definition) is 3. The summed E-state index contributed by atoms with van der Waals surface area (Å²) >= 11 is 0. The van der Waals surface area contributed by atoms with Crippen LogP contribution in [0.5, 0.6) is 0 Å². The van der Waals surface area contributed by atoms with Crippen molar-refractivity contribution in [2.24, 2.45) is 11.7 Å². The largest absolute Gasteiger partial charge is 0.329 e.